The maximum atomic E-state index is 12.8. The van der Waals surface area contributed by atoms with Crippen LogP contribution in [0.1, 0.15) is 23.9 Å². The van der Waals surface area contributed by atoms with Crippen molar-refractivity contribution < 1.29 is 14.4 Å². The Morgan fingerprint density at radius 2 is 1.77 bits per heavy atom. The Hall–Kier alpha value is -2.86. The van der Waals surface area contributed by atoms with Crippen LogP contribution in [0.15, 0.2) is 35.9 Å². The highest BCUT2D eigenvalue weighted by Gasteiger charge is 2.36. The van der Waals surface area contributed by atoms with Crippen LogP contribution in [0.5, 0.6) is 0 Å². The van der Waals surface area contributed by atoms with Gasteiger partial charge in [-0.1, -0.05) is 11.6 Å². The molecule has 0 atom stereocenters. The van der Waals surface area contributed by atoms with E-state index in [-0.39, 0.29) is 5.57 Å². The van der Waals surface area contributed by atoms with Crippen LogP contribution in [0.4, 0.5) is 10.5 Å². The van der Waals surface area contributed by atoms with E-state index >= 15 is 0 Å². The summed E-state index contributed by atoms with van der Waals surface area (Å²) in [6.45, 7) is 6.70. The zero-order valence-electron chi connectivity index (χ0n) is 14.7. The van der Waals surface area contributed by atoms with Gasteiger partial charge in [-0.25, -0.2) is 9.69 Å². The fourth-order valence-corrected chi connectivity index (χ4v) is 3.22. The Morgan fingerprint density at radius 1 is 1.12 bits per heavy atom. The fraction of sp³-hybridized carbons (Fsp3) is 0.211. The zero-order valence-corrected chi connectivity index (χ0v) is 15.4. The van der Waals surface area contributed by atoms with Gasteiger partial charge in [-0.2, -0.15) is 0 Å². The monoisotopic (exact) mass is 371 g/mol. The lowest BCUT2D eigenvalue weighted by Crippen LogP contribution is -2.54. The van der Waals surface area contributed by atoms with E-state index in [1.807, 2.05) is 26.8 Å². The number of urea groups is 1. The van der Waals surface area contributed by atoms with Gasteiger partial charge in [0.1, 0.15) is 5.57 Å². The first kappa shape index (κ1) is 17.9. The quantitative estimate of drug-likeness (QED) is 0.663. The number of nitrogens with zero attached hydrogens (tertiary/aromatic N) is 2. The van der Waals surface area contributed by atoms with E-state index in [0.717, 1.165) is 28.4 Å². The summed E-state index contributed by atoms with van der Waals surface area (Å²) in [6, 6.07) is 7.39. The molecule has 1 aromatic carbocycles. The second-order valence-corrected chi connectivity index (χ2v) is 6.44. The molecule has 1 aliphatic rings. The molecule has 7 heteroatoms. The lowest BCUT2D eigenvalue weighted by molar-refractivity contribution is -0.122. The summed E-state index contributed by atoms with van der Waals surface area (Å²) in [4.78, 5) is 38.2. The minimum atomic E-state index is -0.779. The Morgan fingerprint density at radius 3 is 2.35 bits per heavy atom. The fourth-order valence-electron chi connectivity index (χ4n) is 3.10. The number of benzene rings is 1. The number of rotatable bonds is 3. The third-order valence-electron chi connectivity index (χ3n) is 4.42. The van der Waals surface area contributed by atoms with Gasteiger partial charge in [0.05, 0.1) is 5.69 Å². The number of amides is 4. The van der Waals surface area contributed by atoms with Crippen LogP contribution in [0.25, 0.3) is 6.08 Å². The van der Waals surface area contributed by atoms with Gasteiger partial charge in [-0.3, -0.25) is 14.9 Å². The number of halogens is 1. The highest BCUT2D eigenvalue weighted by atomic mass is 35.5. The molecule has 1 fully saturated rings. The molecule has 1 N–H and O–H groups in total. The van der Waals surface area contributed by atoms with Gasteiger partial charge in [0.25, 0.3) is 11.8 Å². The summed E-state index contributed by atoms with van der Waals surface area (Å²) >= 11 is 5.86. The second-order valence-electron chi connectivity index (χ2n) is 6.00. The van der Waals surface area contributed by atoms with Crippen LogP contribution in [0.2, 0.25) is 5.02 Å². The number of imide groups is 2. The van der Waals surface area contributed by atoms with Crippen molar-refractivity contribution in [2.45, 2.75) is 27.3 Å². The smallest absolute Gasteiger partial charge is 0.335 e. The topological polar surface area (TPSA) is 71.4 Å². The maximum Gasteiger partial charge on any atom is 0.335 e. The van der Waals surface area contributed by atoms with E-state index in [9.17, 15) is 14.4 Å². The molecule has 2 aromatic rings. The molecule has 0 radical (unpaired) electrons. The van der Waals surface area contributed by atoms with Gasteiger partial charge in [-0.05, 0) is 62.7 Å². The predicted octanol–water partition coefficient (Wildman–Crippen LogP) is 3.44. The third kappa shape index (κ3) is 3.04. The molecular formula is C19H18ClN3O3. The van der Waals surface area contributed by atoms with Crippen molar-refractivity contribution in [3.63, 3.8) is 0 Å². The van der Waals surface area contributed by atoms with Crippen molar-refractivity contribution in [3.05, 3.63) is 57.9 Å². The normalized spacial score (nSPS) is 16.4. The molecule has 0 unspecified atom stereocenters. The highest BCUT2D eigenvalue weighted by Crippen LogP contribution is 2.25. The van der Waals surface area contributed by atoms with Crippen molar-refractivity contribution in [1.82, 2.24) is 9.88 Å². The average Bonchev–Trinajstić information content (AvgIpc) is 2.86. The molecule has 134 valence electrons. The molecule has 26 heavy (non-hydrogen) atoms. The number of aromatic nitrogens is 1. The molecule has 3 rings (SSSR count). The van der Waals surface area contributed by atoms with Crippen LogP contribution in [-0.2, 0) is 16.1 Å². The third-order valence-corrected chi connectivity index (χ3v) is 4.67. The van der Waals surface area contributed by atoms with E-state index in [0.29, 0.717) is 10.7 Å². The van der Waals surface area contributed by atoms with E-state index in [1.165, 1.54) is 6.08 Å². The first-order valence-corrected chi connectivity index (χ1v) is 8.55. The number of nitrogens with one attached hydrogen (secondary N) is 1. The maximum absolute atomic E-state index is 12.8. The molecule has 6 nitrogen and oxygen atoms in total. The number of carbonyl (C=O) groups is 3. The van der Waals surface area contributed by atoms with Gasteiger partial charge in [0.2, 0.25) is 0 Å². The van der Waals surface area contributed by atoms with Gasteiger partial charge < -0.3 is 4.57 Å². The van der Waals surface area contributed by atoms with Gasteiger partial charge >= 0.3 is 6.03 Å². The van der Waals surface area contributed by atoms with E-state index in [1.54, 1.807) is 24.3 Å². The minimum absolute atomic E-state index is 0.0871. The van der Waals surface area contributed by atoms with Gasteiger partial charge in [-0.15, -0.1) is 0 Å². The summed E-state index contributed by atoms with van der Waals surface area (Å²) in [5.74, 6) is -1.37. The number of carbonyl (C=O) groups excluding carboxylic acids is 3. The van der Waals surface area contributed by atoms with Gasteiger partial charge in [0, 0.05) is 23.0 Å². The molecule has 1 aromatic heterocycles. The molecule has 1 saturated heterocycles. The van der Waals surface area contributed by atoms with Crippen LogP contribution >= 0.6 is 11.6 Å². The summed E-state index contributed by atoms with van der Waals surface area (Å²) in [5, 5.41) is 2.70. The Kier molecular flexibility index (Phi) is 4.70. The standard InChI is InChI=1S/C19H18ClN3O3/c1-4-22-11(2)9-13(12(22)3)10-16-17(24)21-19(26)23(18(16)25)15-7-5-14(20)6-8-15/h5-10H,4H2,1-3H3,(H,21,24,26)/b16-10-. The largest absolute Gasteiger partial charge is 0.349 e. The number of hydrogen-bond donors (Lipinski definition) is 1. The Labute approximate surface area is 156 Å². The highest BCUT2D eigenvalue weighted by molar-refractivity contribution is 6.39. The number of barbiturate groups is 1. The van der Waals surface area contributed by atoms with Crippen molar-refractivity contribution in [2.24, 2.45) is 0 Å². The molecule has 0 bridgehead atoms. The number of hydrogen-bond acceptors (Lipinski definition) is 3. The minimum Gasteiger partial charge on any atom is -0.349 e. The summed E-state index contributed by atoms with van der Waals surface area (Å²) in [6.07, 6.45) is 1.53. The van der Waals surface area contributed by atoms with Crippen molar-refractivity contribution in [1.29, 1.82) is 0 Å². The molecule has 2 heterocycles. The zero-order chi connectivity index (χ0) is 19.0. The van der Waals surface area contributed by atoms with Crippen LogP contribution < -0.4 is 10.2 Å². The van der Waals surface area contributed by atoms with Crippen LogP contribution in [0.3, 0.4) is 0 Å². The predicted molar refractivity (Wildman–Crippen MR) is 100 cm³/mol. The lowest BCUT2D eigenvalue weighted by atomic mass is 10.1. The van der Waals surface area contributed by atoms with Crippen LogP contribution in [0, 0.1) is 13.8 Å². The molecule has 4 amide bonds. The SMILES string of the molecule is CCn1c(C)cc(/C=C2/C(=O)NC(=O)N(c3ccc(Cl)cc3)C2=O)c1C. The number of anilines is 1. The van der Waals surface area contributed by atoms with Gasteiger partial charge in [0.15, 0.2) is 0 Å². The van der Waals surface area contributed by atoms with E-state index in [4.69, 9.17) is 11.6 Å². The molecule has 0 saturated carbocycles. The first-order valence-electron chi connectivity index (χ1n) is 8.17. The molecular weight excluding hydrogens is 354 g/mol. The first-order chi connectivity index (χ1) is 12.3. The lowest BCUT2D eigenvalue weighted by Gasteiger charge is -2.26. The van der Waals surface area contributed by atoms with Crippen molar-refractivity contribution >= 4 is 41.2 Å². The van der Waals surface area contributed by atoms with Crippen molar-refractivity contribution in [3.8, 4) is 0 Å². The Balaban J connectivity index is 2.04. The van der Waals surface area contributed by atoms with E-state index < -0.39 is 17.8 Å². The van der Waals surface area contributed by atoms with Crippen molar-refractivity contribution in [2.75, 3.05) is 4.90 Å². The summed E-state index contributed by atoms with van der Waals surface area (Å²) < 4.78 is 2.08. The molecule has 1 aliphatic heterocycles. The second kappa shape index (κ2) is 6.80. The van der Waals surface area contributed by atoms with E-state index in [2.05, 4.69) is 9.88 Å². The average molecular weight is 372 g/mol. The molecule has 0 spiro atoms. The number of aryl methyl sites for hydroxylation is 1. The Bertz CT molecular complexity index is 942. The molecule has 0 aliphatic carbocycles. The summed E-state index contributed by atoms with van der Waals surface area (Å²) in [5.41, 5.74) is 3.01. The summed E-state index contributed by atoms with van der Waals surface area (Å²) in [7, 11) is 0. The van der Waals surface area contributed by atoms with Crippen LogP contribution in [-0.4, -0.2) is 22.4 Å².